The van der Waals surface area contributed by atoms with Gasteiger partial charge in [-0.25, -0.2) is 18.6 Å². The van der Waals surface area contributed by atoms with Crippen molar-refractivity contribution in [2.75, 3.05) is 25.5 Å². The molecule has 0 aliphatic rings. The number of carbonyl (C=O) groups is 2. The number of nitrogens with zero attached hydrogens (tertiary/aromatic N) is 2. The quantitative estimate of drug-likeness (QED) is 0.529. The summed E-state index contributed by atoms with van der Waals surface area (Å²) in [5.41, 5.74) is 6.47. The lowest BCUT2D eigenvalue weighted by molar-refractivity contribution is -0.132. The number of ether oxygens (including phenoxy) is 1. The molecule has 3 N–H and O–H groups in total. The highest BCUT2D eigenvalue weighted by molar-refractivity contribution is 5.89. The molecule has 0 saturated heterocycles. The van der Waals surface area contributed by atoms with Gasteiger partial charge >= 0.3 is 6.09 Å². The Morgan fingerprint density at radius 1 is 1.12 bits per heavy atom. The van der Waals surface area contributed by atoms with Gasteiger partial charge in [-0.2, -0.15) is 0 Å². The number of anilines is 1. The van der Waals surface area contributed by atoms with E-state index in [1.165, 1.54) is 41.4 Å². The predicted molar refractivity (Wildman–Crippen MR) is 124 cm³/mol. The summed E-state index contributed by atoms with van der Waals surface area (Å²) >= 11 is 0. The van der Waals surface area contributed by atoms with E-state index in [0.29, 0.717) is 11.8 Å². The zero-order valence-electron chi connectivity index (χ0n) is 17.6. The smallest absolute Gasteiger partial charge is 0.412 e. The molecule has 2 amide bonds. The van der Waals surface area contributed by atoms with Crippen LogP contribution in [0.15, 0.2) is 54.7 Å². The van der Waals surface area contributed by atoms with Crippen molar-refractivity contribution in [1.29, 1.82) is 0 Å². The summed E-state index contributed by atoms with van der Waals surface area (Å²) in [6.07, 6.45) is 1.29. The lowest BCUT2D eigenvalue weighted by Gasteiger charge is -2.26. The number of nitrogens with one attached hydrogen (secondary N) is 1. The molecule has 1 aromatic heterocycles. The van der Waals surface area contributed by atoms with Gasteiger partial charge in [-0.3, -0.25) is 10.1 Å². The van der Waals surface area contributed by atoms with Crippen molar-refractivity contribution in [1.82, 2.24) is 9.88 Å². The minimum absolute atomic E-state index is 0. The highest BCUT2D eigenvalue weighted by Gasteiger charge is 2.20. The molecular weight excluding hydrogens is 430 g/mol. The van der Waals surface area contributed by atoms with Crippen molar-refractivity contribution in [3.05, 3.63) is 71.9 Å². The Morgan fingerprint density at radius 3 is 2.61 bits per heavy atom. The van der Waals surface area contributed by atoms with Crippen LogP contribution in [0.1, 0.15) is 19.4 Å². The number of benzene rings is 2. The third-order valence-corrected chi connectivity index (χ3v) is 5.05. The fourth-order valence-electron chi connectivity index (χ4n) is 3.15. The van der Waals surface area contributed by atoms with Crippen LogP contribution >= 0.6 is 0 Å². The summed E-state index contributed by atoms with van der Waals surface area (Å²) < 4.78 is 31.9. The maximum Gasteiger partial charge on any atom is 0.412 e. The van der Waals surface area contributed by atoms with Gasteiger partial charge in [0.1, 0.15) is 24.1 Å². The summed E-state index contributed by atoms with van der Waals surface area (Å²) in [5.74, 6) is -0.745. The monoisotopic (exact) mass is 458 g/mol. The van der Waals surface area contributed by atoms with E-state index >= 15 is 0 Å². The van der Waals surface area contributed by atoms with E-state index in [0.717, 1.165) is 10.9 Å². The van der Waals surface area contributed by atoms with Gasteiger partial charge < -0.3 is 15.4 Å². The maximum atomic E-state index is 13.4. The number of aryl methyl sites for hydroxylation is 1. The molecule has 0 spiro atoms. The molecule has 0 aliphatic carbocycles. The van der Waals surface area contributed by atoms with E-state index in [-0.39, 0.29) is 44.5 Å². The number of aromatic nitrogens is 1. The minimum Gasteiger partial charge on any atom is -0.447 e. The molecule has 1 atom stereocenters. The van der Waals surface area contributed by atoms with Crippen molar-refractivity contribution in [3.8, 4) is 0 Å². The maximum absolute atomic E-state index is 13.4. The zero-order chi connectivity index (χ0) is 23.1. The minimum atomic E-state index is -0.771. The van der Waals surface area contributed by atoms with Crippen LogP contribution in [-0.2, 0) is 16.0 Å². The molecule has 0 aliphatic heterocycles. The SMILES string of the molecule is C.CN(C(=O)CCc1cccc(F)c1)[C@@H](CN)COC(=O)Nc1cc2cc(F)ccc2cn1. The van der Waals surface area contributed by atoms with E-state index in [4.69, 9.17) is 10.5 Å². The average Bonchev–Trinajstić information content (AvgIpc) is 2.77. The van der Waals surface area contributed by atoms with Crippen molar-refractivity contribution in [3.63, 3.8) is 0 Å². The van der Waals surface area contributed by atoms with E-state index < -0.39 is 18.0 Å². The lowest BCUT2D eigenvalue weighted by Crippen LogP contribution is -2.45. The van der Waals surface area contributed by atoms with Crippen LogP contribution in [0.2, 0.25) is 0 Å². The number of nitrogens with two attached hydrogens (primary N) is 1. The second-order valence-corrected chi connectivity index (χ2v) is 7.31. The van der Waals surface area contributed by atoms with Crippen LogP contribution in [0.4, 0.5) is 19.4 Å². The summed E-state index contributed by atoms with van der Waals surface area (Å²) in [6.45, 7) is -0.0320. The lowest BCUT2D eigenvalue weighted by atomic mass is 10.1. The highest BCUT2D eigenvalue weighted by atomic mass is 19.1. The van der Waals surface area contributed by atoms with Crippen molar-refractivity contribution in [2.24, 2.45) is 5.73 Å². The first-order valence-corrected chi connectivity index (χ1v) is 10.0. The van der Waals surface area contributed by atoms with Gasteiger partial charge in [0.15, 0.2) is 0 Å². The molecule has 1 heterocycles. The fraction of sp³-hybridized carbons (Fsp3) is 0.292. The molecule has 9 heteroatoms. The Labute approximate surface area is 191 Å². The van der Waals surface area contributed by atoms with E-state index in [1.807, 2.05) is 0 Å². The molecule has 176 valence electrons. The summed E-state index contributed by atoms with van der Waals surface area (Å²) in [7, 11) is 1.58. The number of likely N-dealkylation sites (N-methyl/N-ethyl adjacent to an activating group) is 1. The van der Waals surface area contributed by atoms with Gasteiger partial charge in [-0.1, -0.05) is 19.6 Å². The first-order valence-electron chi connectivity index (χ1n) is 10.0. The first kappa shape index (κ1) is 25.7. The number of carbonyl (C=O) groups excluding carboxylic acids is 2. The molecule has 0 radical (unpaired) electrons. The predicted octanol–water partition coefficient (Wildman–Crippen LogP) is 4.12. The molecule has 0 unspecified atom stereocenters. The highest BCUT2D eigenvalue weighted by Crippen LogP contribution is 2.18. The van der Waals surface area contributed by atoms with E-state index in [9.17, 15) is 18.4 Å². The molecule has 0 saturated carbocycles. The molecular formula is C24H28F2N4O3. The zero-order valence-corrected chi connectivity index (χ0v) is 17.6. The third-order valence-electron chi connectivity index (χ3n) is 5.05. The van der Waals surface area contributed by atoms with Crippen molar-refractivity contribution in [2.45, 2.75) is 26.3 Å². The molecule has 3 aromatic rings. The van der Waals surface area contributed by atoms with Gasteiger partial charge in [0.25, 0.3) is 0 Å². The number of hydrogen-bond donors (Lipinski definition) is 2. The largest absolute Gasteiger partial charge is 0.447 e. The van der Waals surface area contributed by atoms with Gasteiger partial charge in [-0.05, 0) is 53.8 Å². The van der Waals surface area contributed by atoms with Crippen molar-refractivity contribution >= 4 is 28.6 Å². The summed E-state index contributed by atoms with van der Waals surface area (Å²) in [5, 5.41) is 3.79. The topological polar surface area (TPSA) is 97.5 Å². The van der Waals surface area contributed by atoms with Crippen LogP contribution in [0.25, 0.3) is 10.8 Å². The first-order chi connectivity index (χ1) is 15.4. The average molecular weight is 459 g/mol. The number of hydrogen-bond acceptors (Lipinski definition) is 5. The Bertz CT molecular complexity index is 1110. The van der Waals surface area contributed by atoms with Crippen LogP contribution in [-0.4, -0.2) is 48.1 Å². The molecule has 0 bridgehead atoms. The van der Waals surface area contributed by atoms with Gasteiger partial charge in [-0.15, -0.1) is 0 Å². The summed E-state index contributed by atoms with van der Waals surface area (Å²) in [4.78, 5) is 30.1. The van der Waals surface area contributed by atoms with Gasteiger partial charge in [0.2, 0.25) is 5.91 Å². The van der Waals surface area contributed by atoms with Crippen molar-refractivity contribution < 1.29 is 23.1 Å². The molecule has 2 aromatic carbocycles. The molecule has 33 heavy (non-hydrogen) atoms. The Balaban J connectivity index is 0.00000385. The fourth-order valence-corrected chi connectivity index (χ4v) is 3.15. The van der Waals surface area contributed by atoms with Gasteiger partial charge in [0.05, 0.1) is 6.04 Å². The van der Waals surface area contributed by atoms with Gasteiger partial charge in [0, 0.05) is 31.6 Å². The molecule has 0 fully saturated rings. The molecule has 3 rings (SSSR count). The van der Waals surface area contributed by atoms with E-state index in [1.54, 1.807) is 25.2 Å². The third kappa shape index (κ3) is 7.21. The van der Waals surface area contributed by atoms with Crippen LogP contribution in [0.3, 0.4) is 0 Å². The Kier molecular flexibility index (Phi) is 9.23. The Hall–Kier alpha value is -3.59. The molecule has 7 nitrogen and oxygen atoms in total. The van der Waals surface area contributed by atoms with E-state index in [2.05, 4.69) is 10.3 Å². The number of amides is 2. The standard InChI is InChI=1S/C23H24F2N4O3.CH4/c1-29(22(30)8-5-15-3-2-4-18(24)9-15)20(12-26)14-32-23(31)28-21-11-17-10-19(25)7-6-16(17)13-27-21;/h2-4,6-7,9-11,13,20H,5,8,12,14,26H2,1H3,(H,27,28,31);1H4/t20-;/m0./s1. The summed E-state index contributed by atoms with van der Waals surface area (Å²) in [6, 6.07) is 11.3. The van der Waals surface area contributed by atoms with Crippen LogP contribution in [0, 0.1) is 11.6 Å². The normalized spacial score (nSPS) is 11.4. The number of fused-ring (bicyclic) bond motifs is 1. The van der Waals surface area contributed by atoms with Crippen LogP contribution in [0.5, 0.6) is 0 Å². The number of halogens is 2. The Morgan fingerprint density at radius 2 is 1.88 bits per heavy atom. The van der Waals surface area contributed by atoms with Crippen LogP contribution < -0.4 is 11.1 Å². The second kappa shape index (κ2) is 11.9. The number of rotatable bonds is 8. The second-order valence-electron chi connectivity index (χ2n) is 7.31. The number of pyridine rings is 1.